The molecule has 1 N–H and O–H groups in total. The lowest BCUT2D eigenvalue weighted by atomic mass is 10.2. The van der Waals surface area contributed by atoms with Gasteiger partial charge in [-0.1, -0.05) is 0 Å². The highest BCUT2D eigenvalue weighted by Crippen LogP contribution is 2.38. The van der Waals surface area contributed by atoms with E-state index in [0.717, 1.165) is 41.2 Å². The monoisotopic (exact) mass is 368 g/mol. The molecule has 0 amide bonds. The van der Waals surface area contributed by atoms with Crippen molar-refractivity contribution in [2.24, 2.45) is 0 Å². The fourth-order valence-electron chi connectivity index (χ4n) is 2.21. The molecule has 0 spiro atoms. The van der Waals surface area contributed by atoms with Gasteiger partial charge in [-0.25, -0.2) is 4.98 Å². The number of benzene rings is 1. The Balaban J connectivity index is 1.54. The third kappa shape index (κ3) is 3.75. The normalized spacial score (nSPS) is 13.4. The SMILES string of the molecule is Cc1csc(CCNCc2cc(Br)c3c(c2)OCCO3)n1. The minimum absolute atomic E-state index is 0.608. The van der Waals surface area contributed by atoms with Crippen molar-refractivity contribution in [2.75, 3.05) is 19.8 Å². The average Bonchev–Trinajstić information content (AvgIpc) is 2.89. The molecule has 0 saturated carbocycles. The van der Waals surface area contributed by atoms with Crippen molar-refractivity contribution in [3.63, 3.8) is 0 Å². The lowest BCUT2D eigenvalue weighted by Gasteiger charge is -2.20. The summed E-state index contributed by atoms with van der Waals surface area (Å²) in [5.41, 5.74) is 2.28. The van der Waals surface area contributed by atoms with E-state index in [2.05, 4.69) is 37.7 Å². The van der Waals surface area contributed by atoms with E-state index in [1.54, 1.807) is 11.3 Å². The maximum atomic E-state index is 5.63. The highest BCUT2D eigenvalue weighted by Gasteiger charge is 2.16. The lowest BCUT2D eigenvalue weighted by Crippen LogP contribution is -2.18. The van der Waals surface area contributed by atoms with Crippen molar-refractivity contribution in [1.82, 2.24) is 10.3 Å². The van der Waals surface area contributed by atoms with Gasteiger partial charge in [-0.3, -0.25) is 0 Å². The van der Waals surface area contributed by atoms with Gasteiger partial charge in [-0.05, 0) is 40.5 Å². The second kappa shape index (κ2) is 6.77. The van der Waals surface area contributed by atoms with Gasteiger partial charge in [-0.2, -0.15) is 0 Å². The van der Waals surface area contributed by atoms with Gasteiger partial charge in [0, 0.05) is 30.6 Å². The van der Waals surface area contributed by atoms with Crippen molar-refractivity contribution in [1.29, 1.82) is 0 Å². The first-order valence-corrected chi connectivity index (χ1v) is 8.59. The third-order valence-corrected chi connectivity index (χ3v) is 4.78. The Morgan fingerprint density at radius 1 is 1.33 bits per heavy atom. The van der Waals surface area contributed by atoms with E-state index >= 15 is 0 Å². The molecule has 0 unspecified atom stereocenters. The Morgan fingerprint density at radius 2 is 2.19 bits per heavy atom. The van der Waals surface area contributed by atoms with Crippen molar-refractivity contribution in [3.05, 3.63) is 38.3 Å². The van der Waals surface area contributed by atoms with Gasteiger partial charge in [0.1, 0.15) is 13.2 Å². The molecule has 1 aromatic carbocycles. The van der Waals surface area contributed by atoms with Gasteiger partial charge in [0.15, 0.2) is 11.5 Å². The number of hydrogen-bond donors (Lipinski definition) is 1. The standard InChI is InChI=1S/C15H17BrN2O2S/c1-10-9-21-14(18-10)2-3-17-8-11-6-12(16)15-13(7-11)19-4-5-20-15/h6-7,9,17H,2-5,8H2,1H3. The minimum Gasteiger partial charge on any atom is -0.486 e. The summed E-state index contributed by atoms with van der Waals surface area (Å²) in [6, 6.07) is 4.12. The summed E-state index contributed by atoms with van der Waals surface area (Å²) in [5, 5.41) is 6.72. The first-order valence-electron chi connectivity index (χ1n) is 6.92. The molecule has 0 saturated heterocycles. The van der Waals surface area contributed by atoms with Gasteiger partial charge in [-0.15, -0.1) is 11.3 Å². The molecular weight excluding hydrogens is 352 g/mol. The molecule has 2 heterocycles. The Labute approximate surface area is 136 Å². The van der Waals surface area contributed by atoms with Crippen molar-refractivity contribution in [3.8, 4) is 11.5 Å². The number of thiazole rings is 1. The topological polar surface area (TPSA) is 43.4 Å². The lowest BCUT2D eigenvalue weighted by molar-refractivity contribution is 0.170. The van der Waals surface area contributed by atoms with Crippen LogP contribution in [0.5, 0.6) is 11.5 Å². The van der Waals surface area contributed by atoms with Crippen LogP contribution in [-0.2, 0) is 13.0 Å². The van der Waals surface area contributed by atoms with Crippen LogP contribution in [0.15, 0.2) is 22.0 Å². The van der Waals surface area contributed by atoms with Crippen molar-refractivity contribution in [2.45, 2.75) is 19.9 Å². The number of ether oxygens (including phenoxy) is 2. The van der Waals surface area contributed by atoms with Crippen LogP contribution in [0, 0.1) is 6.92 Å². The molecule has 21 heavy (non-hydrogen) atoms. The second-order valence-corrected chi connectivity index (χ2v) is 6.71. The molecule has 3 rings (SSSR count). The number of aromatic nitrogens is 1. The summed E-state index contributed by atoms with van der Waals surface area (Å²) < 4.78 is 12.2. The zero-order valence-corrected chi connectivity index (χ0v) is 14.2. The van der Waals surface area contributed by atoms with Crippen LogP contribution < -0.4 is 14.8 Å². The zero-order valence-electron chi connectivity index (χ0n) is 11.8. The van der Waals surface area contributed by atoms with Crippen molar-refractivity contribution < 1.29 is 9.47 Å². The van der Waals surface area contributed by atoms with Crippen molar-refractivity contribution >= 4 is 27.3 Å². The second-order valence-electron chi connectivity index (χ2n) is 4.91. The number of nitrogens with zero attached hydrogens (tertiary/aromatic N) is 1. The fraction of sp³-hybridized carbons (Fsp3) is 0.400. The van der Waals surface area contributed by atoms with Crippen LogP contribution in [0.3, 0.4) is 0 Å². The van der Waals surface area contributed by atoms with E-state index in [0.29, 0.717) is 13.2 Å². The molecule has 0 fully saturated rings. The maximum absolute atomic E-state index is 5.63. The molecule has 0 aliphatic carbocycles. The predicted molar refractivity (Wildman–Crippen MR) is 87.4 cm³/mol. The van der Waals surface area contributed by atoms with Crippen LogP contribution in [-0.4, -0.2) is 24.7 Å². The minimum atomic E-state index is 0.608. The molecule has 2 aromatic rings. The van der Waals surface area contributed by atoms with E-state index in [1.165, 1.54) is 10.6 Å². The van der Waals surface area contributed by atoms with Gasteiger partial charge in [0.25, 0.3) is 0 Å². The van der Waals surface area contributed by atoms with E-state index in [9.17, 15) is 0 Å². The number of fused-ring (bicyclic) bond motifs is 1. The molecule has 1 aliphatic rings. The van der Waals surface area contributed by atoms with Gasteiger partial charge < -0.3 is 14.8 Å². The Hall–Kier alpha value is -1.11. The van der Waals surface area contributed by atoms with Gasteiger partial charge in [0.2, 0.25) is 0 Å². The molecule has 1 aromatic heterocycles. The number of nitrogens with one attached hydrogen (secondary N) is 1. The Morgan fingerprint density at radius 3 is 3.00 bits per heavy atom. The average molecular weight is 369 g/mol. The summed E-state index contributed by atoms with van der Waals surface area (Å²) in [4.78, 5) is 4.46. The first-order chi connectivity index (χ1) is 10.2. The molecule has 0 radical (unpaired) electrons. The quantitative estimate of drug-likeness (QED) is 0.822. The van der Waals surface area contributed by atoms with E-state index in [-0.39, 0.29) is 0 Å². The van der Waals surface area contributed by atoms with Crippen LogP contribution >= 0.6 is 27.3 Å². The summed E-state index contributed by atoms with van der Waals surface area (Å²) in [7, 11) is 0. The number of hydrogen-bond acceptors (Lipinski definition) is 5. The predicted octanol–water partition coefficient (Wildman–Crippen LogP) is 3.32. The summed E-state index contributed by atoms with van der Waals surface area (Å²) in [5.74, 6) is 1.63. The summed E-state index contributed by atoms with van der Waals surface area (Å²) in [6.45, 7) is 4.97. The highest BCUT2D eigenvalue weighted by atomic mass is 79.9. The van der Waals surface area contributed by atoms with Crippen LogP contribution in [0.1, 0.15) is 16.3 Å². The van der Waals surface area contributed by atoms with E-state index < -0.39 is 0 Å². The number of halogens is 1. The maximum Gasteiger partial charge on any atom is 0.175 e. The largest absolute Gasteiger partial charge is 0.486 e. The Kier molecular flexibility index (Phi) is 4.77. The summed E-state index contributed by atoms with van der Waals surface area (Å²) >= 11 is 5.26. The summed E-state index contributed by atoms with van der Waals surface area (Å²) in [6.07, 6.45) is 0.963. The smallest absolute Gasteiger partial charge is 0.175 e. The van der Waals surface area contributed by atoms with Crippen LogP contribution in [0.2, 0.25) is 0 Å². The molecular formula is C15H17BrN2O2S. The first kappa shape index (κ1) is 14.8. The molecule has 112 valence electrons. The van der Waals surface area contributed by atoms with E-state index in [1.807, 2.05) is 13.0 Å². The van der Waals surface area contributed by atoms with Crippen LogP contribution in [0.25, 0.3) is 0 Å². The highest BCUT2D eigenvalue weighted by molar-refractivity contribution is 9.10. The molecule has 0 bridgehead atoms. The number of aryl methyl sites for hydroxylation is 1. The molecule has 4 nitrogen and oxygen atoms in total. The molecule has 1 aliphatic heterocycles. The molecule has 0 atom stereocenters. The number of rotatable bonds is 5. The van der Waals surface area contributed by atoms with Crippen LogP contribution in [0.4, 0.5) is 0 Å². The third-order valence-electron chi connectivity index (χ3n) is 3.17. The zero-order chi connectivity index (χ0) is 14.7. The Bertz CT molecular complexity index is 630. The van der Waals surface area contributed by atoms with Gasteiger partial charge >= 0.3 is 0 Å². The van der Waals surface area contributed by atoms with E-state index in [4.69, 9.17) is 9.47 Å². The van der Waals surface area contributed by atoms with Gasteiger partial charge in [0.05, 0.1) is 9.48 Å². The fourth-order valence-corrected chi connectivity index (χ4v) is 3.59. The molecule has 6 heteroatoms.